The minimum atomic E-state index is -0.839. The molecule has 1 fully saturated rings. The number of carbonyl (C=O) groups is 2. The molecule has 186 valence electrons. The monoisotopic (exact) mass is 493 g/mol. The number of hydrazine groups is 1. The number of amides is 2. The van der Waals surface area contributed by atoms with Gasteiger partial charge in [-0.1, -0.05) is 30.2 Å². The second-order valence-electron chi connectivity index (χ2n) is 9.67. The zero-order valence-corrected chi connectivity index (χ0v) is 20.9. The van der Waals surface area contributed by atoms with E-state index in [9.17, 15) is 18.4 Å². The number of nitrogens with one attached hydrogen (secondary N) is 2. The first-order chi connectivity index (χ1) is 16.0. The van der Waals surface area contributed by atoms with Crippen LogP contribution >= 0.6 is 11.9 Å². The van der Waals surface area contributed by atoms with Crippen LogP contribution in [0.5, 0.6) is 0 Å². The van der Waals surface area contributed by atoms with Gasteiger partial charge in [-0.05, 0) is 71.1 Å². The Bertz CT molecular complexity index is 975. The predicted molar refractivity (Wildman–Crippen MR) is 130 cm³/mol. The molecule has 0 spiro atoms. The maximum atomic E-state index is 14.9. The van der Waals surface area contributed by atoms with Gasteiger partial charge in [-0.15, -0.1) is 0 Å². The van der Waals surface area contributed by atoms with Crippen molar-refractivity contribution in [3.63, 3.8) is 0 Å². The number of ether oxygens (including phenoxy) is 1. The lowest BCUT2D eigenvalue weighted by Crippen LogP contribution is -2.44. The Hall–Kier alpha value is -2.39. The molecular weight excluding hydrogens is 460 g/mol. The summed E-state index contributed by atoms with van der Waals surface area (Å²) in [6.45, 7) is 7.42. The van der Waals surface area contributed by atoms with E-state index in [0.29, 0.717) is 5.25 Å². The fourth-order valence-electron chi connectivity index (χ4n) is 3.84. The van der Waals surface area contributed by atoms with Crippen LogP contribution in [0, 0.1) is 11.6 Å². The SMILES string of the molecule is C[C@H]1CCC(C2=CCCC=C2)SN1Cc1cc(F)c(CC(=O)NNC(=O)OC(C)(C)C)cc1F. The van der Waals surface area contributed by atoms with Gasteiger partial charge in [-0.25, -0.2) is 23.3 Å². The van der Waals surface area contributed by atoms with Crippen molar-refractivity contribution in [1.82, 2.24) is 15.2 Å². The van der Waals surface area contributed by atoms with Crippen LogP contribution < -0.4 is 10.9 Å². The third kappa shape index (κ3) is 7.56. The lowest BCUT2D eigenvalue weighted by molar-refractivity contribution is -0.121. The largest absolute Gasteiger partial charge is 0.443 e. The summed E-state index contributed by atoms with van der Waals surface area (Å²) in [6.07, 6.45) is 9.51. The van der Waals surface area contributed by atoms with Gasteiger partial charge in [-0.2, -0.15) is 0 Å². The van der Waals surface area contributed by atoms with Gasteiger partial charge in [-0.3, -0.25) is 10.2 Å². The minimum absolute atomic E-state index is 0.0838. The molecule has 0 saturated carbocycles. The molecule has 6 nitrogen and oxygen atoms in total. The van der Waals surface area contributed by atoms with E-state index in [1.165, 1.54) is 5.57 Å². The highest BCUT2D eigenvalue weighted by Crippen LogP contribution is 2.38. The normalized spacial score (nSPS) is 21.1. The van der Waals surface area contributed by atoms with Gasteiger partial charge in [0.1, 0.15) is 17.2 Å². The van der Waals surface area contributed by atoms with Gasteiger partial charge in [0.15, 0.2) is 0 Å². The Balaban J connectivity index is 1.60. The number of nitrogens with zero attached hydrogens (tertiary/aromatic N) is 1. The number of allylic oxidation sites excluding steroid dienone is 3. The first kappa shape index (κ1) is 26.2. The molecule has 34 heavy (non-hydrogen) atoms. The summed E-state index contributed by atoms with van der Waals surface area (Å²) in [6, 6.07) is 2.46. The van der Waals surface area contributed by atoms with Crippen molar-refractivity contribution in [2.75, 3.05) is 0 Å². The van der Waals surface area contributed by atoms with E-state index >= 15 is 0 Å². The van der Waals surface area contributed by atoms with Gasteiger partial charge < -0.3 is 4.74 Å². The zero-order valence-electron chi connectivity index (χ0n) is 20.1. The third-order valence-electron chi connectivity index (χ3n) is 5.59. The molecule has 1 saturated heterocycles. The summed E-state index contributed by atoms with van der Waals surface area (Å²) < 4.78 is 36.7. The van der Waals surface area contributed by atoms with Crippen LogP contribution in [0.15, 0.2) is 35.9 Å². The Morgan fingerprint density at radius 3 is 2.50 bits per heavy atom. The van der Waals surface area contributed by atoms with E-state index < -0.39 is 35.7 Å². The second-order valence-corrected chi connectivity index (χ2v) is 10.9. The van der Waals surface area contributed by atoms with E-state index in [-0.39, 0.29) is 23.7 Å². The summed E-state index contributed by atoms with van der Waals surface area (Å²) in [5, 5.41) is 0.320. The molecule has 1 unspecified atom stereocenters. The molecule has 1 aromatic rings. The van der Waals surface area contributed by atoms with Crippen LogP contribution in [0.2, 0.25) is 0 Å². The van der Waals surface area contributed by atoms with Crippen LogP contribution in [0.1, 0.15) is 64.5 Å². The molecule has 0 bridgehead atoms. The molecule has 1 aromatic carbocycles. The molecule has 2 N–H and O–H groups in total. The van der Waals surface area contributed by atoms with Crippen LogP contribution in [0.25, 0.3) is 0 Å². The van der Waals surface area contributed by atoms with Gasteiger partial charge in [0.2, 0.25) is 5.91 Å². The van der Waals surface area contributed by atoms with Crippen LogP contribution in [0.3, 0.4) is 0 Å². The van der Waals surface area contributed by atoms with Crippen molar-refractivity contribution in [3.8, 4) is 0 Å². The topological polar surface area (TPSA) is 70.7 Å². The van der Waals surface area contributed by atoms with Crippen molar-refractivity contribution in [1.29, 1.82) is 0 Å². The van der Waals surface area contributed by atoms with Gasteiger partial charge in [0.25, 0.3) is 0 Å². The maximum Gasteiger partial charge on any atom is 0.426 e. The minimum Gasteiger partial charge on any atom is -0.443 e. The Labute approximate surface area is 204 Å². The predicted octanol–water partition coefficient (Wildman–Crippen LogP) is 5.34. The lowest BCUT2D eigenvalue weighted by atomic mass is 9.99. The Morgan fingerprint density at radius 2 is 1.82 bits per heavy atom. The highest BCUT2D eigenvalue weighted by atomic mass is 32.2. The number of carbonyl (C=O) groups excluding carboxylic acids is 2. The fraction of sp³-hybridized carbons (Fsp3) is 0.520. The quantitative estimate of drug-likeness (QED) is 0.428. The number of hydrogen-bond acceptors (Lipinski definition) is 5. The van der Waals surface area contributed by atoms with Crippen molar-refractivity contribution in [2.24, 2.45) is 0 Å². The Kier molecular flexibility index (Phi) is 8.76. The fourth-order valence-corrected chi connectivity index (χ4v) is 5.24. The number of rotatable bonds is 5. The van der Waals surface area contributed by atoms with Gasteiger partial charge >= 0.3 is 6.09 Å². The summed E-state index contributed by atoms with van der Waals surface area (Å²) >= 11 is 1.69. The van der Waals surface area contributed by atoms with Gasteiger partial charge in [0.05, 0.1) is 6.42 Å². The van der Waals surface area contributed by atoms with Crippen LogP contribution in [-0.2, 0) is 22.5 Å². The van der Waals surface area contributed by atoms with E-state index in [1.807, 2.05) is 0 Å². The molecule has 2 atom stereocenters. The molecule has 2 amide bonds. The molecule has 0 aromatic heterocycles. The molecule has 9 heteroatoms. The summed E-state index contributed by atoms with van der Waals surface area (Å²) in [4.78, 5) is 23.7. The average Bonchev–Trinajstić information content (AvgIpc) is 2.76. The highest BCUT2D eigenvalue weighted by molar-refractivity contribution is 7.97. The summed E-state index contributed by atoms with van der Waals surface area (Å²) in [7, 11) is 0. The molecule has 3 rings (SSSR count). The molecule has 2 aliphatic rings. The number of halogens is 2. The molecular formula is C25H33F2N3O3S. The van der Waals surface area contributed by atoms with Gasteiger partial charge in [0, 0.05) is 29.0 Å². The van der Waals surface area contributed by atoms with Crippen molar-refractivity contribution < 1.29 is 23.1 Å². The van der Waals surface area contributed by atoms with Crippen molar-refractivity contribution >= 4 is 23.9 Å². The van der Waals surface area contributed by atoms with Crippen molar-refractivity contribution in [2.45, 2.75) is 83.2 Å². The molecule has 1 aliphatic carbocycles. The lowest BCUT2D eigenvalue weighted by Gasteiger charge is -2.37. The smallest absolute Gasteiger partial charge is 0.426 e. The van der Waals surface area contributed by atoms with E-state index in [4.69, 9.17) is 4.74 Å². The standard InChI is InChI=1S/C25H33F2N3O3S/c1-16-10-11-22(17-8-6-5-7-9-17)34-30(16)15-19-13-20(26)18(12-21(19)27)14-23(31)28-29-24(32)33-25(2,3)4/h6,8-9,12-13,16,22H,5,7,10-11,14-15H2,1-4H3,(H,28,31)(H,29,32)/t16-,22?/m0/s1. The summed E-state index contributed by atoms with van der Waals surface area (Å²) in [5.41, 5.74) is 4.99. The first-order valence-electron chi connectivity index (χ1n) is 11.6. The first-order valence-corrected chi connectivity index (χ1v) is 12.4. The molecule has 1 heterocycles. The molecule has 1 aliphatic heterocycles. The zero-order chi connectivity index (χ0) is 24.9. The maximum absolute atomic E-state index is 14.9. The number of benzene rings is 1. The molecule has 0 radical (unpaired) electrons. The average molecular weight is 494 g/mol. The van der Waals surface area contributed by atoms with E-state index in [1.54, 1.807) is 32.7 Å². The second kappa shape index (κ2) is 11.4. The highest BCUT2D eigenvalue weighted by Gasteiger charge is 2.29. The summed E-state index contributed by atoms with van der Waals surface area (Å²) in [5.74, 6) is -1.90. The van der Waals surface area contributed by atoms with Crippen molar-refractivity contribution in [3.05, 3.63) is 58.7 Å². The van der Waals surface area contributed by atoms with Crippen LogP contribution in [0.4, 0.5) is 13.6 Å². The van der Waals surface area contributed by atoms with E-state index in [2.05, 4.69) is 40.3 Å². The van der Waals surface area contributed by atoms with E-state index in [0.717, 1.165) is 37.8 Å². The Morgan fingerprint density at radius 1 is 1.12 bits per heavy atom. The third-order valence-corrected chi connectivity index (χ3v) is 7.11. The number of hydrogen-bond donors (Lipinski definition) is 2. The van der Waals surface area contributed by atoms with Crippen LogP contribution in [-0.4, -0.2) is 33.2 Å².